The fourth-order valence-electron chi connectivity index (χ4n) is 3.79. The molecule has 2 aromatic heterocycles. The highest BCUT2D eigenvalue weighted by atomic mass is 32.1. The van der Waals surface area contributed by atoms with Crippen molar-refractivity contribution in [3.8, 4) is 22.8 Å². The number of carbonyl (C=O) groups excluding carboxylic acids is 1. The molecule has 0 aliphatic carbocycles. The van der Waals surface area contributed by atoms with Gasteiger partial charge in [0.05, 0.1) is 31.5 Å². The van der Waals surface area contributed by atoms with Gasteiger partial charge < -0.3 is 19.4 Å². The van der Waals surface area contributed by atoms with E-state index >= 15 is 0 Å². The van der Waals surface area contributed by atoms with E-state index in [9.17, 15) is 9.59 Å². The molecule has 0 spiro atoms. The summed E-state index contributed by atoms with van der Waals surface area (Å²) in [5, 5.41) is 3.90. The van der Waals surface area contributed by atoms with Crippen molar-refractivity contribution in [2.75, 3.05) is 20.8 Å². The summed E-state index contributed by atoms with van der Waals surface area (Å²) >= 11 is 1.55. The molecule has 1 N–H and O–H groups in total. The van der Waals surface area contributed by atoms with Gasteiger partial charge in [0.1, 0.15) is 17.3 Å². The maximum atomic E-state index is 13.5. The quantitative estimate of drug-likeness (QED) is 0.671. The van der Waals surface area contributed by atoms with Crippen LogP contribution in [0.3, 0.4) is 0 Å². The fourth-order valence-corrected chi connectivity index (χ4v) is 4.44. The summed E-state index contributed by atoms with van der Waals surface area (Å²) in [4.78, 5) is 35.2. The summed E-state index contributed by atoms with van der Waals surface area (Å²) < 4.78 is 10.7. The average molecular weight is 426 g/mol. The number of rotatable bonds is 5. The van der Waals surface area contributed by atoms with E-state index in [-0.39, 0.29) is 17.5 Å². The van der Waals surface area contributed by atoms with Gasteiger partial charge in [-0.1, -0.05) is 0 Å². The van der Waals surface area contributed by atoms with Crippen molar-refractivity contribution in [1.29, 1.82) is 0 Å². The number of aromatic amines is 1. The molecule has 4 rings (SSSR count). The van der Waals surface area contributed by atoms with Crippen LogP contribution in [0.2, 0.25) is 0 Å². The van der Waals surface area contributed by atoms with Crippen LogP contribution in [0.4, 0.5) is 0 Å². The van der Waals surface area contributed by atoms with Crippen LogP contribution in [-0.4, -0.2) is 41.5 Å². The van der Waals surface area contributed by atoms with Gasteiger partial charge in [0.25, 0.3) is 11.5 Å². The van der Waals surface area contributed by atoms with E-state index in [0.29, 0.717) is 35.1 Å². The van der Waals surface area contributed by atoms with Gasteiger partial charge in [0.15, 0.2) is 0 Å². The Bertz CT molecular complexity index is 1090. The first kappa shape index (κ1) is 20.2. The predicted octanol–water partition coefficient (Wildman–Crippen LogP) is 3.88. The number of thiophene rings is 1. The molecule has 0 bridgehead atoms. The molecule has 1 aliphatic heterocycles. The lowest BCUT2D eigenvalue weighted by Crippen LogP contribution is -2.40. The summed E-state index contributed by atoms with van der Waals surface area (Å²) in [7, 11) is 3.10. The van der Waals surface area contributed by atoms with Gasteiger partial charge in [-0.05, 0) is 48.9 Å². The summed E-state index contributed by atoms with van der Waals surface area (Å²) in [5.41, 5.74) is 1.72. The molecule has 1 aliphatic rings. The Balaban J connectivity index is 1.73. The number of hydrogen-bond acceptors (Lipinski definition) is 6. The standard InChI is InChI=1S/C22H23N3O4S/c1-28-15-6-7-19(29-2)16(11-15)22(27)25-9-4-3-5-18(25)21-23-17(12-20(26)24-21)14-8-10-30-13-14/h6-8,10-13,18H,3-5,9H2,1-2H3,(H,23,24,26). The first-order chi connectivity index (χ1) is 14.6. The zero-order chi connectivity index (χ0) is 21.1. The number of piperidine rings is 1. The number of benzene rings is 1. The Morgan fingerprint density at radius 3 is 2.80 bits per heavy atom. The monoisotopic (exact) mass is 425 g/mol. The number of H-pyrrole nitrogens is 1. The van der Waals surface area contributed by atoms with E-state index in [1.165, 1.54) is 13.2 Å². The molecule has 1 unspecified atom stereocenters. The molecular formula is C22H23N3O4S. The molecule has 0 saturated carbocycles. The third-order valence-electron chi connectivity index (χ3n) is 5.29. The van der Waals surface area contributed by atoms with Crippen molar-refractivity contribution in [2.24, 2.45) is 0 Å². The van der Waals surface area contributed by atoms with Gasteiger partial charge in [-0.3, -0.25) is 9.59 Å². The van der Waals surface area contributed by atoms with Crippen molar-refractivity contribution >= 4 is 17.2 Å². The van der Waals surface area contributed by atoms with Crippen LogP contribution in [0.5, 0.6) is 11.5 Å². The van der Waals surface area contributed by atoms with Gasteiger partial charge in [0.2, 0.25) is 0 Å². The van der Waals surface area contributed by atoms with E-state index in [1.807, 2.05) is 16.8 Å². The van der Waals surface area contributed by atoms with Gasteiger partial charge >= 0.3 is 0 Å². The molecule has 0 radical (unpaired) electrons. The Morgan fingerprint density at radius 1 is 1.20 bits per heavy atom. The first-order valence-corrected chi connectivity index (χ1v) is 10.7. The van der Waals surface area contributed by atoms with Gasteiger partial charge in [-0.15, -0.1) is 0 Å². The number of aromatic nitrogens is 2. The molecule has 3 heterocycles. The zero-order valence-electron chi connectivity index (χ0n) is 16.9. The fraction of sp³-hybridized carbons (Fsp3) is 0.318. The maximum Gasteiger partial charge on any atom is 0.258 e. The van der Waals surface area contributed by atoms with Crippen molar-refractivity contribution in [3.05, 3.63) is 62.8 Å². The van der Waals surface area contributed by atoms with Gasteiger partial charge in [0, 0.05) is 23.6 Å². The normalized spacial score (nSPS) is 16.3. The van der Waals surface area contributed by atoms with Gasteiger partial charge in [-0.2, -0.15) is 11.3 Å². The van der Waals surface area contributed by atoms with Crippen molar-refractivity contribution < 1.29 is 14.3 Å². The topological polar surface area (TPSA) is 84.5 Å². The molecule has 1 aromatic carbocycles. The lowest BCUT2D eigenvalue weighted by molar-refractivity contribution is 0.0596. The van der Waals surface area contributed by atoms with Crippen LogP contribution in [0.1, 0.15) is 41.5 Å². The van der Waals surface area contributed by atoms with E-state index in [4.69, 9.17) is 14.5 Å². The SMILES string of the molecule is COc1ccc(OC)c(C(=O)N2CCCCC2c2nc(-c3ccsc3)cc(=O)[nH]2)c1. The Hall–Kier alpha value is -3.13. The van der Waals surface area contributed by atoms with E-state index in [0.717, 1.165) is 24.8 Å². The summed E-state index contributed by atoms with van der Waals surface area (Å²) in [6, 6.07) is 8.28. The molecule has 1 saturated heterocycles. The van der Waals surface area contributed by atoms with Crippen LogP contribution in [-0.2, 0) is 0 Å². The molecule has 156 valence electrons. The highest BCUT2D eigenvalue weighted by molar-refractivity contribution is 7.08. The Kier molecular flexibility index (Phi) is 5.85. The predicted molar refractivity (Wildman–Crippen MR) is 115 cm³/mol. The molecule has 30 heavy (non-hydrogen) atoms. The average Bonchev–Trinajstić information content (AvgIpc) is 3.33. The number of nitrogens with one attached hydrogen (secondary N) is 1. The van der Waals surface area contributed by atoms with Crippen molar-refractivity contribution in [1.82, 2.24) is 14.9 Å². The highest BCUT2D eigenvalue weighted by Crippen LogP contribution is 2.33. The number of ether oxygens (including phenoxy) is 2. The Labute approximate surface area is 178 Å². The van der Waals surface area contributed by atoms with Crippen LogP contribution >= 0.6 is 11.3 Å². The second-order valence-corrected chi connectivity index (χ2v) is 7.88. The van der Waals surface area contributed by atoms with E-state index in [2.05, 4.69) is 4.98 Å². The lowest BCUT2D eigenvalue weighted by Gasteiger charge is -2.35. The van der Waals surface area contributed by atoms with Crippen LogP contribution in [0.25, 0.3) is 11.3 Å². The number of methoxy groups -OCH3 is 2. The third kappa shape index (κ3) is 3.95. The largest absolute Gasteiger partial charge is 0.497 e. The number of carbonyl (C=O) groups is 1. The summed E-state index contributed by atoms with van der Waals surface area (Å²) in [5.74, 6) is 1.41. The minimum atomic E-state index is -0.312. The highest BCUT2D eigenvalue weighted by Gasteiger charge is 2.32. The molecule has 8 heteroatoms. The van der Waals surface area contributed by atoms with Crippen molar-refractivity contribution in [3.63, 3.8) is 0 Å². The summed E-state index contributed by atoms with van der Waals surface area (Å²) in [6.45, 7) is 0.580. The van der Waals surface area contributed by atoms with Gasteiger partial charge in [-0.25, -0.2) is 4.98 Å². The molecule has 1 amide bonds. The maximum absolute atomic E-state index is 13.5. The number of amides is 1. The number of nitrogens with zero attached hydrogens (tertiary/aromatic N) is 2. The lowest BCUT2D eigenvalue weighted by atomic mass is 9.99. The molecule has 7 nitrogen and oxygen atoms in total. The van der Waals surface area contributed by atoms with E-state index < -0.39 is 0 Å². The van der Waals surface area contributed by atoms with Crippen LogP contribution < -0.4 is 15.0 Å². The summed E-state index contributed by atoms with van der Waals surface area (Å²) in [6.07, 6.45) is 2.58. The first-order valence-electron chi connectivity index (χ1n) is 9.77. The minimum Gasteiger partial charge on any atom is -0.497 e. The van der Waals surface area contributed by atoms with Crippen LogP contribution in [0.15, 0.2) is 45.9 Å². The molecular weight excluding hydrogens is 402 g/mol. The Morgan fingerprint density at radius 2 is 2.07 bits per heavy atom. The van der Waals surface area contributed by atoms with E-state index in [1.54, 1.807) is 41.5 Å². The second-order valence-electron chi connectivity index (χ2n) is 7.10. The number of hydrogen-bond donors (Lipinski definition) is 1. The minimum absolute atomic E-state index is 0.168. The van der Waals surface area contributed by atoms with Crippen LogP contribution in [0, 0.1) is 0 Å². The number of likely N-dealkylation sites (tertiary alicyclic amines) is 1. The third-order valence-corrected chi connectivity index (χ3v) is 5.98. The smallest absolute Gasteiger partial charge is 0.258 e. The molecule has 1 atom stereocenters. The molecule has 3 aromatic rings. The molecule has 1 fully saturated rings. The van der Waals surface area contributed by atoms with Crippen molar-refractivity contribution in [2.45, 2.75) is 25.3 Å². The zero-order valence-corrected chi connectivity index (χ0v) is 17.7. The second kappa shape index (κ2) is 8.71.